The van der Waals surface area contributed by atoms with Crippen LogP contribution in [0.3, 0.4) is 0 Å². The van der Waals surface area contributed by atoms with Gasteiger partial charge in [0.2, 0.25) is 5.91 Å². The van der Waals surface area contributed by atoms with Crippen molar-refractivity contribution in [3.63, 3.8) is 0 Å². The van der Waals surface area contributed by atoms with Crippen LogP contribution in [-0.4, -0.2) is 118 Å². The summed E-state index contributed by atoms with van der Waals surface area (Å²) in [5.41, 5.74) is 14.2. The molecule has 3 aromatic heterocycles. The number of nitrogens with one attached hydrogen (secondary N) is 1. The first-order valence-electron chi connectivity index (χ1n) is 23.0. The first-order chi connectivity index (χ1) is 31.1. The van der Waals surface area contributed by atoms with Crippen LogP contribution >= 0.6 is 0 Å². The zero-order valence-corrected chi connectivity index (χ0v) is 36.8. The number of nitrogens with zero attached hydrogens (tertiary/aromatic N) is 8. The van der Waals surface area contributed by atoms with Crippen molar-refractivity contribution in [1.82, 2.24) is 34.9 Å². The van der Waals surface area contributed by atoms with Crippen LogP contribution in [0.25, 0.3) is 22.3 Å². The lowest BCUT2D eigenvalue weighted by atomic mass is 9.86. The summed E-state index contributed by atoms with van der Waals surface area (Å²) in [6.07, 6.45) is 12.3. The number of phenolic OH excluding ortho intramolecular Hbond substituents is 1. The van der Waals surface area contributed by atoms with Crippen LogP contribution in [0, 0.1) is 6.92 Å². The molecule has 0 spiro atoms. The van der Waals surface area contributed by atoms with Crippen molar-refractivity contribution in [1.29, 1.82) is 0 Å². The number of benzene rings is 2. The number of methoxy groups -OCH3 is 1. The number of aryl methyl sites for hydroxylation is 1. The minimum absolute atomic E-state index is 0.0670. The lowest BCUT2D eigenvalue weighted by molar-refractivity contribution is -0.120. The van der Waals surface area contributed by atoms with Crippen molar-refractivity contribution < 1.29 is 24.2 Å². The molecule has 15 nitrogen and oxygen atoms in total. The number of urea groups is 1. The van der Waals surface area contributed by atoms with Gasteiger partial charge in [-0.2, -0.15) is 0 Å². The van der Waals surface area contributed by atoms with Crippen molar-refractivity contribution >= 4 is 46.1 Å². The fraction of sp³-hybridized carbons (Fsp3) is 0.469. The molecule has 5 fully saturated rings. The summed E-state index contributed by atoms with van der Waals surface area (Å²) in [5, 5.41) is 22.5. The second-order valence-electron chi connectivity index (χ2n) is 18.6. The number of rotatable bonds is 10. The Balaban J connectivity index is 0.749. The fourth-order valence-corrected chi connectivity index (χ4v) is 10.8. The van der Waals surface area contributed by atoms with Gasteiger partial charge in [-0.25, -0.2) is 9.78 Å². The number of anilines is 3. The van der Waals surface area contributed by atoms with E-state index in [4.69, 9.17) is 15.5 Å². The molecule has 5 aromatic rings. The zero-order chi connectivity index (χ0) is 44.1. The molecule has 5 aliphatic rings. The standard InChI is InChI=1S/C49H58N10O5/c1-31-24-33(11-12-37(31)34-6-5-18-57(28-34)42-26-41(53-54-45(42)50)38-7-3-4-8-43(38)60)47(62)56-22-16-49(64-2,17-23-56)30-55-19-13-35(14-20-55)59-29-40(32-9-10-32)39-25-36(27-51-46(39)59)58-21-15-44(61)52-48(58)63/h3-4,7-8,11-12,24-27,29,32,34-35,60H,5-6,9-10,13-23,28,30H2,1-2H3,(H2,50,54)(H,52,61,63)/t34-/m0/s1. The minimum Gasteiger partial charge on any atom is -0.507 e. The molecule has 0 unspecified atom stereocenters. The maximum Gasteiger partial charge on any atom is 0.328 e. The number of carbonyl (C=O) groups is 3. The maximum absolute atomic E-state index is 14.0. The molecule has 4 amide bonds. The van der Waals surface area contributed by atoms with E-state index in [0.717, 1.165) is 105 Å². The molecule has 10 rings (SSSR count). The van der Waals surface area contributed by atoms with E-state index in [9.17, 15) is 19.5 Å². The SMILES string of the molecule is COC1(CN2CCC(n3cc(C4CC4)c4cc(N5CCC(=O)NC5=O)cnc43)CC2)CCN(C(=O)c2ccc([C@H]3CCCN(c4cc(-c5ccccc5O)nnc4N)C3)c(C)c2)CC1. The van der Waals surface area contributed by atoms with Gasteiger partial charge in [0.15, 0.2) is 5.82 Å². The van der Waals surface area contributed by atoms with E-state index < -0.39 is 0 Å². The van der Waals surface area contributed by atoms with Crippen molar-refractivity contribution in [2.75, 3.05) is 75.0 Å². The molecule has 4 N–H and O–H groups in total. The molecule has 1 aliphatic carbocycles. The van der Waals surface area contributed by atoms with Crippen LogP contribution in [0.5, 0.6) is 5.75 Å². The lowest BCUT2D eigenvalue weighted by Crippen LogP contribution is -2.54. The topological polar surface area (TPSA) is 175 Å². The number of hydrogen-bond acceptors (Lipinski definition) is 11. The predicted octanol–water partition coefficient (Wildman–Crippen LogP) is 6.76. The fourth-order valence-electron chi connectivity index (χ4n) is 10.8. The molecule has 1 saturated carbocycles. The number of phenols is 1. The van der Waals surface area contributed by atoms with E-state index in [1.807, 2.05) is 36.3 Å². The van der Waals surface area contributed by atoms with Gasteiger partial charge in [0, 0.05) is 101 Å². The van der Waals surface area contributed by atoms with Gasteiger partial charge in [-0.15, -0.1) is 10.2 Å². The molecule has 1 atom stereocenters. The smallest absolute Gasteiger partial charge is 0.328 e. The highest BCUT2D eigenvalue weighted by atomic mass is 16.5. The number of nitrogen functional groups attached to an aromatic ring is 1. The van der Waals surface area contributed by atoms with Crippen molar-refractivity contribution in [3.8, 4) is 17.0 Å². The number of imide groups is 1. The lowest BCUT2D eigenvalue weighted by Gasteiger charge is -2.45. The third-order valence-electron chi connectivity index (χ3n) is 14.6. The molecular formula is C49H58N10O5. The van der Waals surface area contributed by atoms with Crippen molar-refractivity contribution in [2.24, 2.45) is 0 Å². The number of aromatic nitrogens is 4. The number of pyridine rings is 1. The van der Waals surface area contributed by atoms with Gasteiger partial charge in [-0.3, -0.25) is 19.8 Å². The number of aromatic hydroxyl groups is 1. The third-order valence-corrected chi connectivity index (χ3v) is 14.6. The van der Waals surface area contributed by atoms with Gasteiger partial charge in [-0.1, -0.05) is 18.2 Å². The molecule has 4 aliphatic heterocycles. The third kappa shape index (κ3) is 8.15. The summed E-state index contributed by atoms with van der Waals surface area (Å²) in [7, 11) is 1.82. The quantitative estimate of drug-likeness (QED) is 0.135. The number of nitrogens with two attached hydrogens (primary N) is 1. The molecule has 0 bridgehead atoms. The Morgan fingerprint density at radius 2 is 1.72 bits per heavy atom. The first kappa shape index (κ1) is 41.9. The molecule has 334 valence electrons. The van der Waals surface area contributed by atoms with E-state index in [-0.39, 0.29) is 41.5 Å². The number of ether oxygens (including phenoxy) is 1. The van der Waals surface area contributed by atoms with E-state index in [2.05, 4.69) is 61.2 Å². The largest absolute Gasteiger partial charge is 0.507 e. The molecule has 2 aromatic carbocycles. The van der Waals surface area contributed by atoms with Gasteiger partial charge < -0.3 is 34.8 Å². The minimum atomic E-state index is -0.387. The van der Waals surface area contributed by atoms with Crippen LogP contribution < -0.4 is 20.9 Å². The normalized spacial score (nSPS) is 21.1. The van der Waals surface area contributed by atoms with Crippen LogP contribution in [0.4, 0.5) is 22.0 Å². The number of fused-ring (bicyclic) bond motifs is 1. The first-order valence-corrected chi connectivity index (χ1v) is 23.0. The van der Waals surface area contributed by atoms with Crippen LogP contribution in [0.2, 0.25) is 0 Å². The van der Waals surface area contributed by atoms with Gasteiger partial charge >= 0.3 is 6.03 Å². The number of piperidine rings is 3. The Kier molecular flexibility index (Phi) is 11.2. The average molecular weight is 867 g/mol. The van der Waals surface area contributed by atoms with E-state index in [1.165, 1.54) is 24.0 Å². The summed E-state index contributed by atoms with van der Waals surface area (Å²) in [6.45, 7) is 8.11. The van der Waals surface area contributed by atoms with E-state index in [0.29, 0.717) is 48.7 Å². The van der Waals surface area contributed by atoms with Crippen molar-refractivity contribution in [2.45, 2.75) is 88.2 Å². The van der Waals surface area contributed by atoms with Crippen LogP contribution in [-0.2, 0) is 9.53 Å². The Morgan fingerprint density at radius 3 is 2.45 bits per heavy atom. The second kappa shape index (κ2) is 17.1. The zero-order valence-electron chi connectivity index (χ0n) is 36.8. The van der Waals surface area contributed by atoms with Crippen molar-refractivity contribution in [3.05, 3.63) is 89.2 Å². The Morgan fingerprint density at radius 1 is 0.922 bits per heavy atom. The Bertz CT molecular complexity index is 2590. The molecule has 7 heterocycles. The molecule has 15 heteroatoms. The second-order valence-corrected chi connectivity index (χ2v) is 18.6. The maximum atomic E-state index is 14.0. The number of hydrogen-bond donors (Lipinski definition) is 3. The predicted molar refractivity (Wildman–Crippen MR) is 246 cm³/mol. The number of likely N-dealkylation sites (tertiary alicyclic amines) is 2. The highest BCUT2D eigenvalue weighted by Crippen LogP contribution is 2.46. The highest BCUT2D eigenvalue weighted by Gasteiger charge is 2.39. The van der Waals surface area contributed by atoms with Gasteiger partial charge in [0.1, 0.15) is 11.4 Å². The van der Waals surface area contributed by atoms with E-state index >= 15 is 0 Å². The van der Waals surface area contributed by atoms with Gasteiger partial charge in [0.05, 0.1) is 28.9 Å². The Hall–Kier alpha value is -6.06. The number of para-hydroxylation sites is 1. The van der Waals surface area contributed by atoms with Crippen LogP contribution in [0.15, 0.2) is 67.0 Å². The monoisotopic (exact) mass is 866 g/mol. The molecular weight excluding hydrogens is 809 g/mol. The van der Waals surface area contributed by atoms with Gasteiger partial charge in [-0.05, 0) is 117 Å². The summed E-state index contributed by atoms with van der Waals surface area (Å²) in [6, 6.07) is 17.3. The van der Waals surface area contributed by atoms with E-state index in [1.54, 1.807) is 23.2 Å². The Labute approximate surface area is 373 Å². The molecule has 4 saturated heterocycles. The summed E-state index contributed by atoms with van der Waals surface area (Å²) >= 11 is 0. The number of amides is 4. The molecule has 0 radical (unpaired) electrons. The summed E-state index contributed by atoms with van der Waals surface area (Å²) < 4.78 is 8.68. The average Bonchev–Trinajstić information content (AvgIpc) is 4.09. The van der Waals surface area contributed by atoms with Gasteiger partial charge in [0.25, 0.3) is 5.91 Å². The van der Waals surface area contributed by atoms with Crippen LogP contribution in [0.1, 0.15) is 103 Å². The molecule has 64 heavy (non-hydrogen) atoms. The summed E-state index contributed by atoms with van der Waals surface area (Å²) in [5.74, 6) is 1.14. The highest BCUT2D eigenvalue weighted by molar-refractivity contribution is 6.06. The summed E-state index contributed by atoms with van der Waals surface area (Å²) in [4.78, 5) is 51.7. The number of carbonyl (C=O) groups excluding carboxylic acids is 3.